The highest BCUT2D eigenvalue weighted by atomic mass is 16.6. The molecule has 0 bridgehead atoms. The fraction of sp³-hybridized carbons (Fsp3) is 0.789. The molecule has 0 aliphatic rings. The Morgan fingerprint density at radius 2 is 1.54 bits per heavy atom. The van der Waals surface area contributed by atoms with Crippen LogP contribution in [0.4, 0.5) is 9.59 Å². The average molecular weight is 402 g/mol. The highest BCUT2D eigenvalue weighted by Crippen LogP contribution is 2.10. The quantitative estimate of drug-likeness (QED) is 0.314. The molecule has 0 unspecified atom stereocenters. The second-order valence-corrected chi connectivity index (χ2v) is 7.96. The third-order valence-corrected chi connectivity index (χ3v) is 3.40. The van der Waals surface area contributed by atoms with Crippen molar-refractivity contribution in [1.82, 2.24) is 9.80 Å². The lowest BCUT2D eigenvalue weighted by Gasteiger charge is -2.26. The summed E-state index contributed by atoms with van der Waals surface area (Å²) in [6.45, 7) is 9.65. The van der Waals surface area contributed by atoms with Crippen molar-refractivity contribution in [2.75, 3.05) is 33.8 Å². The maximum absolute atomic E-state index is 12.2. The Hall–Kier alpha value is -2.32. The Balaban J connectivity index is 4.64. The summed E-state index contributed by atoms with van der Waals surface area (Å²) < 4.78 is 15.5. The molecule has 0 N–H and O–H groups in total. The van der Waals surface area contributed by atoms with Gasteiger partial charge in [0.15, 0.2) is 0 Å². The molecule has 0 spiro atoms. The third kappa shape index (κ3) is 11.4. The van der Waals surface area contributed by atoms with E-state index in [-0.39, 0.29) is 38.5 Å². The van der Waals surface area contributed by atoms with Gasteiger partial charge in [0.05, 0.1) is 6.61 Å². The van der Waals surface area contributed by atoms with Gasteiger partial charge < -0.3 is 28.8 Å². The highest BCUT2D eigenvalue weighted by molar-refractivity contribution is 5.79. The summed E-state index contributed by atoms with van der Waals surface area (Å²) in [4.78, 5) is 49.5. The molecule has 0 heterocycles. The molecule has 2 amide bonds. The first kappa shape index (κ1) is 25.7. The van der Waals surface area contributed by atoms with Gasteiger partial charge in [0.1, 0.15) is 11.9 Å². The number of amides is 2. The number of esters is 1. The van der Waals surface area contributed by atoms with Crippen molar-refractivity contribution in [2.24, 2.45) is 5.92 Å². The van der Waals surface area contributed by atoms with E-state index in [4.69, 9.17) is 14.2 Å². The first-order valence-corrected chi connectivity index (χ1v) is 9.33. The fourth-order valence-electron chi connectivity index (χ4n) is 1.82. The van der Waals surface area contributed by atoms with E-state index < -0.39 is 29.9 Å². The summed E-state index contributed by atoms with van der Waals surface area (Å²) >= 11 is 0. The minimum atomic E-state index is -1.15. The van der Waals surface area contributed by atoms with E-state index in [0.717, 1.165) is 0 Å². The van der Waals surface area contributed by atoms with Crippen LogP contribution < -0.4 is 0 Å². The molecule has 9 heteroatoms. The molecule has 0 rings (SSSR count). The summed E-state index contributed by atoms with van der Waals surface area (Å²) in [6, 6.07) is 0. The van der Waals surface area contributed by atoms with Gasteiger partial charge in [-0.1, -0.05) is 13.8 Å². The Morgan fingerprint density at radius 1 is 1.00 bits per heavy atom. The summed E-state index contributed by atoms with van der Waals surface area (Å²) in [5.74, 6) is -0.541. The molecule has 1 atom stereocenters. The third-order valence-electron chi connectivity index (χ3n) is 3.40. The lowest BCUT2D eigenvalue weighted by molar-refractivity contribution is -0.155. The second kappa shape index (κ2) is 12.2. The van der Waals surface area contributed by atoms with Crippen molar-refractivity contribution < 1.29 is 33.4 Å². The molecule has 0 fully saturated rings. The molecule has 0 aromatic heterocycles. The zero-order valence-corrected chi connectivity index (χ0v) is 18.0. The first-order valence-electron chi connectivity index (χ1n) is 9.33. The van der Waals surface area contributed by atoms with E-state index in [0.29, 0.717) is 6.29 Å². The maximum atomic E-state index is 12.2. The average Bonchev–Trinajstić information content (AvgIpc) is 2.58. The monoisotopic (exact) mass is 402 g/mol. The summed E-state index contributed by atoms with van der Waals surface area (Å²) in [7, 11) is 3.05. The zero-order chi connectivity index (χ0) is 21.9. The van der Waals surface area contributed by atoms with Crippen molar-refractivity contribution in [3.63, 3.8) is 0 Å². The molecule has 0 saturated carbocycles. The molecule has 0 radical (unpaired) electrons. The van der Waals surface area contributed by atoms with Crippen molar-refractivity contribution in [3.8, 4) is 0 Å². The van der Waals surface area contributed by atoms with Crippen LogP contribution >= 0.6 is 0 Å². The van der Waals surface area contributed by atoms with Gasteiger partial charge in [-0.15, -0.1) is 0 Å². The van der Waals surface area contributed by atoms with Crippen LogP contribution in [0.1, 0.15) is 47.5 Å². The predicted octanol–water partition coefficient (Wildman–Crippen LogP) is 2.47. The van der Waals surface area contributed by atoms with Crippen LogP contribution in [0.5, 0.6) is 0 Å². The van der Waals surface area contributed by atoms with E-state index in [1.165, 1.54) is 16.8 Å². The number of hydrogen-bond acceptors (Lipinski definition) is 7. The molecule has 28 heavy (non-hydrogen) atoms. The second-order valence-electron chi connectivity index (χ2n) is 7.96. The molecule has 0 aliphatic heterocycles. The first-order chi connectivity index (χ1) is 12.9. The van der Waals surface area contributed by atoms with Crippen molar-refractivity contribution in [2.45, 2.75) is 59.2 Å². The number of nitrogens with zero attached hydrogens (tertiary/aromatic N) is 2. The molecule has 0 saturated heterocycles. The van der Waals surface area contributed by atoms with Crippen LogP contribution in [0, 0.1) is 5.92 Å². The smallest absolute Gasteiger partial charge is 0.410 e. The molecule has 162 valence electrons. The lowest BCUT2D eigenvalue weighted by atomic mass is 10.2. The number of likely N-dealkylation sites (N-methyl/N-ethyl adjacent to an activating group) is 2. The molecular weight excluding hydrogens is 368 g/mol. The Kier molecular flexibility index (Phi) is 11.2. The molecule has 0 aromatic rings. The van der Waals surface area contributed by atoms with E-state index in [9.17, 15) is 19.2 Å². The van der Waals surface area contributed by atoms with Crippen LogP contribution in [0.2, 0.25) is 0 Å². The van der Waals surface area contributed by atoms with E-state index >= 15 is 0 Å². The topological polar surface area (TPSA) is 102 Å². The van der Waals surface area contributed by atoms with Crippen molar-refractivity contribution in [3.05, 3.63) is 0 Å². The van der Waals surface area contributed by atoms with Crippen molar-refractivity contribution >= 4 is 24.4 Å². The van der Waals surface area contributed by atoms with E-state index in [1.807, 2.05) is 13.8 Å². The number of hydrogen-bond donors (Lipinski definition) is 0. The van der Waals surface area contributed by atoms with E-state index in [2.05, 4.69) is 0 Å². The molecule has 9 nitrogen and oxygen atoms in total. The van der Waals surface area contributed by atoms with E-state index in [1.54, 1.807) is 27.8 Å². The predicted molar refractivity (Wildman–Crippen MR) is 103 cm³/mol. The SMILES string of the molecule is CC(C)COC(=O)[C@H](CCC=O)OC(=O)N(C)CCN(C)C(=O)OC(C)(C)C. The highest BCUT2D eigenvalue weighted by Gasteiger charge is 2.26. The molecule has 0 aromatic carbocycles. The molecular formula is C19H34N2O7. The van der Waals surface area contributed by atoms with Crippen LogP contribution in [0.15, 0.2) is 0 Å². The Morgan fingerprint density at radius 3 is 2.00 bits per heavy atom. The van der Waals surface area contributed by atoms with Gasteiger partial charge in [-0.2, -0.15) is 0 Å². The van der Waals surface area contributed by atoms with Crippen molar-refractivity contribution in [1.29, 1.82) is 0 Å². The number of carbonyl (C=O) groups is 4. The van der Waals surface area contributed by atoms with Gasteiger partial charge in [0.25, 0.3) is 0 Å². The number of ether oxygens (including phenoxy) is 3. The fourth-order valence-corrected chi connectivity index (χ4v) is 1.82. The molecule has 0 aliphatic carbocycles. The number of aldehydes is 1. The van der Waals surface area contributed by atoms with Crippen LogP contribution in [-0.2, 0) is 23.8 Å². The normalized spacial score (nSPS) is 12.1. The van der Waals surface area contributed by atoms with Gasteiger partial charge in [-0.05, 0) is 26.7 Å². The summed E-state index contributed by atoms with van der Waals surface area (Å²) in [5.41, 5.74) is -0.613. The standard InChI is InChI=1S/C19H34N2O7/c1-14(2)13-26-16(23)15(9-8-12-22)27-17(24)20(6)10-11-21(7)18(25)28-19(3,4)5/h12,14-15H,8-11,13H2,1-7H3/t15-/m0/s1. The van der Waals surface area contributed by atoms with Crippen LogP contribution in [-0.4, -0.2) is 79.7 Å². The lowest BCUT2D eigenvalue weighted by Crippen LogP contribution is -2.41. The van der Waals surface area contributed by atoms with Crippen LogP contribution in [0.3, 0.4) is 0 Å². The number of rotatable bonds is 10. The minimum absolute atomic E-state index is 0.0534. The zero-order valence-electron chi connectivity index (χ0n) is 18.0. The summed E-state index contributed by atoms with van der Waals surface area (Å²) in [5, 5.41) is 0. The minimum Gasteiger partial charge on any atom is -0.463 e. The largest absolute Gasteiger partial charge is 0.463 e. The van der Waals surface area contributed by atoms with Gasteiger partial charge in [0.2, 0.25) is 6.10 Å². The Bertz CT molecular complexity index is 529. The van der Waals surface area contributed by atoms with Gasteiger partial charge in [-0.25, -0.2) is 14.4 Å². The van der Waals surface area contributed by atoms with Gasteiger partial charge in [-0.3, -0.25) is 0 Å². The van der Waals surface area contributed by atoms with Gasteiger partial charge in [0, 0.05) is 40.0 Å². The van der Waals surface area contributed by atoms with Gasteiger partial charge >= 0.3 is 18.2 Å². The number of carbonyl (C=O) groups excluding carboxylic acids is 4. The summed E-state index contributed by atoms with van der Waals surface area (Å²) in [6.07, 6.45) is -1.62. The Labute approximate surface area is 167 Å². The maximum Gasteiger partial charge on any atom is 0.410 e. The van der Waals surface area contributed by atoms with Crippen LogP contribution in [0.25, 0.3) is 0 Å².